The molecule has 1 heterocycles. The van der Waals surface area contributed by atoms with Gasteiger partial charge in [-0.1, -0.05) is 55.8 Å². The quantitative estimate of drug-likeness (QED) is 0.541. The average molecular weight is 406 g/mol. The minimum atomic E-state index is 0.0909. The number of aryl methyl sites for hydroxylation is 1. The van der Waals surface area contributed by atoms with Crippen LogP contribution in [0, 0.1) is 18.8 Å². The number of piperidine rings is 1. The van der Waals surface area contributed by atoms with Gasteiger partial charge >= 0.3 is 0 Å². The van der Waals surface area contributed by atoms with Crippen LogP contribution in [0.25, 0.3) is 0 Å². The van der Waals surface area contributed by atoms with Crippen LogP contribution in [0.3, 0.4) is 0 Å². The molecule has 2 fully saturated rings. The van der Waals surface area contributed by atoms with E-state index in [1.165, 1.54) is 36.8 Å². The number of benzene rings is 2. The van der Waals surface area contributed by atoms with Crippen LogP contribution in [0.4, 0.5) is 0 Å². The van der Waals surface area contributed by atoms with Crippen molar-refractivity contribution >= 4 is 5.91 Å². The fourth-order valence-corrected chi connectivity index (χ4v) is 4.98. The van der Waals surface area contributed by atoms with Crippen LogP contribution < -0.4 is 4.74 Å². The first kappa shape index (κ1) is 21.0. The topological polar surface area (TPSA) is 29.5 Å². The van der Waals surface area contributed by atoms with E-state index < -0.39 is 0 Å². The van der Waals surface area contributed by atoms with E-state index in [0.717, 1.165) is 37.6 Å². The van der Waals surface area contributed by atoms with Gasteiger partial charge in [-0.2, -0.15) is 0 Å². The first-order chi connectivity index (χ1) is 14.6. The zero-order chi connectivity index (χ0) is 20.9. The van der Waals surface area contributed by atoms with Gasteiger partial charge in [-0.25, -0.2) is 0 Å². The second-order valence-corrected chi connectivity index (χ2v) is 9.21. The maximum atomic E-state index is 13.2. The van der Waals surface area contributed by atoms with E-state index in [1.54, 1.807) is 0 Å². The average Bonchev–Trinajstić information content (AvgIpc) is 3.60. The maximum Gasteiger partial charge on any atom is 0.222 e. The number of rotatable bonds is 8. The standard InChI is InChI=1S/C27H35NO2/c1-3-8-23(21-13-14-21)18-27(29)28-16-15-26(30-24-12-7-9-20(2)17-24)25(19-28)22-10-5-4-6-11-22/h4-7,9-12,17,21,23,25-26H,3,8,13-16,18-19H2,1-2H3. The van der Waals surface area contributed by atoms with Gasteiger partial charge in [0.15, 0.2) is 0 Å². The van der Waals surface area contributed by atoms with E-state index in [9.17, 15) is 4.79 Å². The van der Waals surface area contributed by atoms with E-state index in [-0.39, 0.29) is 12.0 Å². The second-order valence-electron chi connectivity index (χ2n) is 9.21. The highest BCUT2D eigenvalue weighted by Crippen LogP contribution is 2.41. The minimum absolute atomic E-state index is 0.0909. The van der Waals surface area contributed by atoms with Gasteiger partial charge in [0.25, 0.3) is 0 Å². The summed E-state index contributed by atoms with van der Waals surface area (Å²) in [5.41, 5.74) is 2.47. The lowest BCUT2D eigenvalue weighted by Gasteiger charge is -2.39. The number of hydrogen-bond acceptors (Lipinski definition) is 2. The molecule has 0 spiro atoms. The number of hydrogen-bond donors (Lipinski definition) is 0. The van der Waals surface area contributed by atoms with Crippen molar-refractivity contribution in [3.8, 4) is 5.75 Å². The zero-order valence-corrected chi connectivity index (χ0v) is 18.4. The predicted octanol–water partition coefficient (Wildman–Crippen LogP) is 5.97. The van der Waals surface area contributed by atoms with E-state index in [2.05, 4.69) is 61.2 Å². The molecule has 30 heavy (non-hydrogen) atoms. The SMILES string of the molecule is CCCC(CC(=O)N1CCC(Oc2cccc(C)c2)C(c2ccccc2)C1)C1CC1. The molecule has 2 aromatic rings. The Labute approximate surface area is 181 Å². The number of amides is 1. The predicted molar refractivity (Wildman–Crippen MR) is 122 cm³/mol. The molecule has 1 saturated carbocycles. The largest absolute Gasteiger partial charge is 0.490 e. The molecule has 3 unspecified atom stereocenters. The van der Waals surface area contributed by atoms with Gasteiger partial charge in [-0.05, 0) is 61.3 Å². The molecular formula is C27H35NO2. The molecule has 3 atom stereocenters. The monoisotopic (exact) mass is 405 g/mol. The molecular weight excluding hydrogens is 370 g/mol. The molecule has 3 nitrogen and oxygen atoms in total. The molecule has 3 heteroatoms. The Hall–Kier alpha value is -2.29. The van der Waals surface area contributed by atoms with Crippen LogP contribution in [-0.4, -0.2) is 30.0 Å². The summed E-state index contributed by atoms with van der Waals surface area (Å²) in [6.45, 7) is 5.87. The van der Waals surface area contributed by atoms with Crippen molar-refractivity contribution in [1.29, 1.82) is 0 Å². The summed E-state index contributed by atoms with van der Waals surface area (Å²) in [4.78, 5) is 15.3. The van der Waals surface area contributed by atoms with Crippen molar-refractivity contribution in [2.75, 3.05) is 13.1 Å². The number of ether oxygens (including phenoxy) is 1. The normalized spacial score (nSPS) is 22.5. The van der Waals surface area contributed by atoms with Crippen LogP contribution in [0.2, 0.25) is 0 Å². The summed E-state index contributed by atoms with van der Waals surface area (Å²) in [6.07, 6.45) is 6.69. The maximum absolute atomic E-state index is 13.2. The smallest absolute Gasteiger partial charge is 0.222 e. The van der Waals surface area contributed by atoms with Crippen LogP contribution in [0.15, 0.2) is 54.6 Å². The summed E-state index contributed by atoms with van der Waals surface area (Å²) in [7, 11) is 0. The van der Waals surface area contributed by atoms with E-state index in [1.807, 2.05) is 12.1 Å². The molecule has 0 bridgehead atoms. The van der Waals surface area contributed by atoms with E-state index >= 15 is 0 Å². The molecule has 0 N–H and O–H groups in total. The van der Waals surface area contributed by atoms with Gasteiger partial charge in [-0.15, -0.1) is 0 Å². The first-order valence-electron chi connectivity index (χ1n) is 11.7. The Morgan fingerprint density at radius 3 is 2.60 bits per heavy atom. The third-order valence-corrected chi connectivity index (χ3v) is 6.79. The first-order valence-corrected chi connectivity index (χ1v) is 11.7. The summed E-state index contributed by atoms with van der Waals surface area (Å²) < 4.78 is 6.46. The van der Waals surface area contributed by atoms with E-state index in [0.29, 0.717) is 11.8 Å². The fourth-order valence-electron chi connectivity index (χ4n) is 4.98. The molecule has 1 aliphatic heterocycles. The highest BCUT2D eigenvalue weighted by Gasteiger charge is 2.37. The van der Waals surface area contributed by atoms with Gasteiger partial charge in [0, 0.05) is 31.8 Å². The van der Waals surface area contributed by atoms with Crippen LogP contribution >= 0.6 is 0 Å². The number of carbonyl (C=O) groups excluding carboxylic acids is 1. The van der Waals surface area contributed by atoms with Crippen LogP contribution in [0.5, 0.6) is 5.75 Å². The summed E-state index contributed by atoms with van der Waals surface area (Å²) in [5, 5.41) is 0. The lowest BCUT2D eigenvalue weighted by atomic mass is 9.87. The molecule has 1 aliphatic carbocycles. The summed E-state index contributed by atoms with van der Waals surface area (Å²) in [5.74, 6) is 2.85. The van der Waals surface area contributed by atoms with Gasteiger partial charge in [0.1, 0.15) is 11.9 Å². The van der Waals surface area contributed by atoms with Gasteiger partial charge in [0.05, 0.1) is 0 Å². The van der Waals surface area contributed by atoms with Crippen molar-refractivity contribution in [1.82, 2.24) is 4.90 Å². The molecule has 4 rings (SSSR count). The fraction of sp³-hybridized carbons (Fsp3) is 0.519. The van der Waals surface area contributed by atoms with Crippen molar-refractivity contribution in [2.24, 2.45) is 11.8 Å². The highest BCUT2D eigenvalue weighted by atomic mass is 16.5. The molecule has 2 aromatic carbocycles. The van der Waals surface area contributed by atoms with Crippen LogP contribution in [0.1, 0.15) is 62.5 Å². The molecule has 1 saturated heterocycles. The molecule has 1 amide bonds. The van der Waals surface area contributed by atoms with Crippen molar-refractivity contribution in [3.05, 3.63) is 65.7 Å². The lowest BCUT2D eigenvalue weighted by molar-refractivity contribution is -0.134. The summed E-state index contributed by atoms with van der Waals surface area (Å²) in [6, 6.07) is 18.9. The summed E-state index contributed by atoms with van der Waals surface area (Å²) >= 11 is 0. The highest BCUT2D eigenvalue weighted by molar-refractivity contribution is 5.76. The Morgan fingerprint density at radius 1 is 1.10 bits per heavy atom. The van der Waals surface area contributed by atoms with Gasteiger partial charge in [0.2, 0.25) is 5.91 Å². The number of nitrogens with zero attached hydrogens (tertiary/aromatic N) is 1. The van der Waals surface area contributed by atoms with Gasteiger partial charge in [-0.3, -0.25) is 4.79 Å². The minimum Gasteiger partial charge on any atom is -0.490 e. The molecule has 2 aliphatic rings. The molecule has 0 radical (unpaired) electrons. The van der Waals surface area contributed by atoms with Crippen molar-refractivity contribution in [2.45, 2.75) is 64.4 Å². The Kier molecular flexibility index (Phi) is 6.76. The van der Waals surface area contributed by atoms with Crippen molar-refractivity contribution in [3.63, 3.8) is 0 Å². The van der Waals surface area contributed by atoms with E-state index in [4.69, 9.17) is 4.74 Å². The van der Waals surface area contributed by atoms with Crippen LogP contribution in [-0.2, 0) is 4.79 Å². The van der Waals surface area contributed by atoms with Gasteiger partial charge < -0.3 is 9.64 Å². The Morgan fingerprint density at radius 2 is 1.90 bits per heavy atom. The third-order valence-electron chi connectivity index (χ3n) is 6.79. The van der Waals surface area contributed by atoms with Crippen molar-refractivity contribution < 1.29 is 9.53 Å². The zero-order valence-electron chi connectivity index (χ0n) is 18.4. The molecule has 0 aromatic heterocycles. The Balaban J connectivity index is 1.47. The lowest BCUT2D eigenvalue weighted by Crippen LogP contribution is -2.47. The number of likely N-dealkylation sites (tertiary alicyclic amines) is 1. The number of carbonyl (C=O) groups is 1. The third kappa shape index (κ3) is 5.24. The Bertz CT molecular complexity index is 830. The second kappa shape index (κ2) is 9.68. The molecule has 160 valence electrons.